The first-order chi connectivity index (χ1) is 20.9. The highest BCUT2D eigenvalue weighted by atomic mass is 16.6. The Kier molecular flexibility index (Phi) is 11.0. The quantitative estimate of drug-likeness (QED) is 0.225. The fraction of sp³-hybridized carbons (Fsp3) is 0.200. The van der Waals surface area contributed by atoms with E-state index < -0.39 is 48.0 Å². The molecule has 0 saturated heterocycles. The summed E-state index contributed by atoms with van der Waals surface area (Å²) < 4.78 is 30.7. The summed E-state index contributed by atoms with van der Waals surface area (Å²) >= 11 is 0. The van der Waals surface area contributed by atoms with Gasteiger partial charge in [-0.05, 0) is 48.5 Å². The summed E-state index contributed by atoms with van der Waals surface area (Å²) in [5.41, 5.74) is -0.216. The Morgan fingerprint density at radius 2 is 1.09 bits per heavy atom. The Morgan fingerprint density at radius 1 is 0.636 bits per heavy atom. The van der Waals surface area contributed by atoms with Crippen molar-refractivity contribution in [2.24, 2.45) is 0 Å². The molecule has 0 aliphatic heterocycles. The molecule has 0 aliphatic rings. The van der Waals surface area contributed by atoms with Crippen molar-refractivity contribution >= 4 is 41.4 Å². The van der Waals surface area contributed by atoms with Crippen LogP contribution >= 0.6 is 0 Å². The number of hydrogen-bond acceptors (Lipinski definition) is 12. The van der Waals surface area contributed by atoms with Gasteiger partial charge < -0.3 is 38.8 Å². The number of methoxy groups -OCH3 is 2. The molecule has 0 spiro atoms. The van der Waals surface area contributed by atoms with Crippen LogP contribution in [0.25, 0.3) is 0 Å². The van der Waals surface area contributed by atoms with Crippen LogP contribution in [0.15, 0.2) is 66.7 Å². The summed E-state index contributed by atoms with van der Waals surface area (Å²) in [4.78, 5) is 74.5. The maximum absolute atomic E-state index is 13.3. The number of carboxylic acid groups (broad SMARTS) is 1. The topological polar surface area (TPSA) is 190 Å². The van der Waals surface area contributed by atoms with Crippen molar-refractivity contribution in [2.45, 2.75) is 26.1 Å². The minimum atomic E-state index is -2.34. The molecule has 3 rings (SSSR count). The van der Waals surface area contributed by atoms with Crippen LogP contribution in [0.1, 0.15) is 34.6 Å². The highest BCUT2D eigenvalue weighted by Gasteiger charge is 2.41. The average molecular weight is 610 g/mol. The van der Waals surface area contributed by atoms with Crippen molar-refractivity contribution in [3.05, 3.63) is 77.9 Å². The zero-order valence-corrected chi connectivity index (χ0v) is 23.9. The van der Waals surface area contributed by atoms with Crippen molar-refractivity contribution in [3.63, 3.8) is 0 Å². The molecule has 0 unspecified atom stereocenters. The fourth-order valence-corrected chi connectivity index (χ4v) is 3.66. The Hall–Kier alpha value is -5.92. The molecule has 0 fully saturated rings. The minimum Gasteiger partial charge on any atom is -0.493 e. The number of para-hydroxylation sites is 1. The number of ether oxygens (including phenoxy) is 6. The summed E-state index contributed by atoms with van der Waals surface area (Å²) in [7, 11) is 2.50. The van der Waals surface area contributed by atoms with E-state index in [1.54, 1.807) is 18.2 Å². The molecule has 14 nitrogen and oxygen atoms in total. The van der Waals surface area contributed by atoms with E-state index in [0.717, 1.165) is 26.0 Å². The lowest BCUT2D eigenvalue weighted by molar-refractivity contribution is -0.157. The van der Waals surface area contributed by atoms with Gasteiger partial charge in [-0.25, -0.2) is 14.4 Å². The van der Waals surface area contributed by atoms with Gasteiger partial charge in [0.05, 0.1) is 25.3 Å². The van der Waals surface area contributed by atoms with Gasteiger partial charge >= 0.3 is 29.8 Å². The maximum atomic E-state index is 13.3. The van der Waals surface area contributed by atoms with Crippen LogP contribution in [-0.4, -0.2) is 67.3 Å². The Bertz CT molecular complexity index is 1570. The Labute approximate surface area is 250 Å². The predicted octanol–water partition coefficient (Wildman–Crippen LogP) is 3.03. The van der Waals surface area contributed by atoms with Crippen LogP contribution in [0.4, 0.5) is 5.69 Å². The van der Waals surface area contributed by atoms with Gasteiger partial charge in [0, 0.05) is 19.5 Å². The van der Waals surface area contributed by atoms with Gasteiger partial charge in [0.1, 0.15) is 0 Å². The molecule has 3 aromatic rings. The second kappa shape index (κ2) is 14.8. The highest BCUT2D eigenvalue weighted by Crippen LogP contribution is 2.30. The first-order valence-electron chi connectivity index (χ1n) is 12.7. The molecule has 2 N–H and O–H groups in total. The first-order valence-corrected chi connectivity index (χ1v) is 12.7. The van der Waals surface area contributed by atoms with Gasteiger partial charge in [0.2, 0.25) is 12.2 Å². The molecule has 14 heteroatoms. The molecule has 230 valence electrons. The van der Waals surface area contributed by atoms with Crippen molar-refractivity contribution in [2.75, 3.05) is 19.5 Å². The minimum absolute atomic E-state index is 0.0117. The molecular weight excluding hydrogens is 582 g/mol. The van der Waals surface area contributed by atoms with E-state index in [9.17, 15) is 33.9 Å². The molecule has 44 heavy (non-hydrogen) atoms. The van der Waals surface area contributed by atoms with Crippen LogP contribution in [0.5, 0.6) is 23.0 Å². The monoisotopic (exact) mass is 609 g/mol. The maximum Gasteiger partial charge on any atom is 0.349 e. The second-order valence-corrected chi connectivity index (χ2v) is 8.76. The molecule has 2 atom stereocenters. The largest absolute Gasteiger partial charge is 0.493 e. The molecule has 0 aromatic heterocycles. The van der Waals surface area contributed by atoms with Crippen molar-refractivity contribution < 1.29 is 62.3 Å². The molecule has 0 heterocycles. The van der Waals surface area contributed by atoms with E-state index in [0.29, 0.717) is 0 Å². The SMILES string of the molecule is COc1cc(C(=O)O[C@H](C(=O)Nc2ccccc2)[C@@H](OC(=O)c2ccc(OC(C)=O)c(OC)c2)C(=O)O)ccc1OC(C)=O. The number of rotatable bonds is 12. The number of amides is 1. The van der Waals surface area contributed by atoms with Crippen LogP contribution in [0.3, 0.4) is 0 Å². The lowest BCUT2D eigenvalue weighted by Crippen LogP contribution is -2.48. The molecular formula is C30H27NO13. The van der Waals surface area contributed by atoms with Crippen molar-refractivity contribution in [1.82, 2.24) is 0 Å². The molecule has 0 saturated carbocycles. The van der Waals surface area contributed by atoms with Gasteiger partial charge in [-0.3, -0.25) is 14.4 Å². The van der Waals surface area contributed by atoms with E-state index in [4.69, 9.17) is 28.4 Å². The number of carbonyl (C=O) groups excluding carboxylic acids is 5. The van der Waals surface area contributed by atoms with Crippen LogP contribution < -0.4 is 24.3 Å². The number of nitrogens with one attached hydrogen (secondary N) is 1. The van der Waals surface area contributed by atoms with Crippen LogP contribution in [0, 0.1) is 0 Å². The van der Waals surface area contributed by atoms with Gasteiger partial charge in [-0.2, -0.15) is 0 Å². The van der Waals surface area contributed by atoms with Gasteiger partial charge in [0.15, 0.2) is 23.0 Å². The van der Waals surface area contributed by atoms with E-state index in [-0.39, 0.29) is 39.8 Å². The molecule has 0 aliphatic carbocycles. The third kappa shape index (κ3) is 8.55. The molecule has 3 aromatic carbocycles. The van der Waals surface area contributed by atoms with E-state index in [1.165, 1.54) is 50.6 Å². The van der Waals surface area contributed by atoms with Crippen molar-refractivity contribution in [3.8, 4) is 23.0 Å². The number of carbonyl (C=O) groups is 6. The highest BCUT2D eigenvalue weighted by molar-refractivity contribution is 6.01. The average Bonchev–Trinajstić information content (AvgIpc) is 2.98. The Balaban J connectivity index is 1.95. The predicted molar refractivity (Wildman–Crippen MR) is 150 cm³/mol. The molecule has 0 bridgehead atoms. The lowest BCUT2D eigenvalue weighted by Gasteiger charge is -2.24. The fourth-order valence-electron chi connectivity index (χ4n) is 3.66. The Morgan fingerprint density at radius 3 is 1.50 bits per heavy atom. The third-order valence-corrected chi connectivity index (χ3v) is 5.59. The number of anilines is 1. The number of esters is 4. The van der Waals surface area contributed by atoms with Gasteiger partial charge in [0.25, 0.3) is 5.91 Å². The first kappa shape index (κ1) is 32.6. The number of carboxylic acids is 1. The van der Waals surface area contributed by atoms with E-state index >= 15 is 0 Å². The van der Waals surface area contributed by atoms with Crippen molar-refractivity contribution in [1.29, 1.82) is 0 Å². The summed E-state index contributed by atoms with van der Waals surface area (Å²) in [6, 6.07) is 14.9. The standard InChI is InChI=1S/C30H27NO13/c1-16(32)41-21-12-10-18(14-23(21)39-3)29(37)43-25(27(34)31-20-8-6-5-7-9-20)26(28(35)36)44-30(38)19-11-13-22(42-17(2)33)24(15-19)40-4/h5-15,25-26H,1-4H3,(H,31,34)(H,35,36)/t25-,26+/m0/s1. The zero-order chi connectivity index (χ0) is 32.4. The molecule has 0 radical (unpaired) electrons. The van der Waals surface area contributed by atoms with Gasteiger partial charge in [-0.1, -0.05) is 18.2 Å². The van der Waals surface area contributed by atoms with E-state index in [2.05, 4.69) is 5.32 Å². The normalized spacial score (nSPS) is 11.6. The third-order valence-electron chi connectivity index (χ3n) is 5.59. The number of benzene rings is 3. The lowest BCUT2D eigenvalue weighted by atomic mass is 10.1. The number of hydrogen-bond donors (Lipinski definition) is 2. The summed E-state index contributed by atoms with van der Waals surface area (Å²) in [5, 5.41) is 12.4. The van der Waals surface area contributed by atoms with Crippen LogP contribution in [0.2, 0.25) is 0 Å². The zero-order valence-electron chi connectivity index (χ0n) is 23.9. The summed E-state index contributed by atoms with van der Waals surface area (Å²) in [5.74, 6) is -6.78. The van der Waals surface area contributed by atoms with E-state index in [1.807, 2.05) is 0 Å². The summed E-state index contributed by atoms with van der Waals surface area (Å²) in [6.07, 6.45) is -4.54. The second-order valence-electron chi connectivity index (χ2n) is 8.76. The summed E-state index contributed by atoms with van der Waals surface area (Å²) in [6.45, 7) is 2.32. The van der Waals surface area contributed by atoms with Crippen LogP contribution in [-0.2, 0) is 28.7 Å². The molecule has 1 amide bonds. The van der Waals surface area contributed by atoms with Gasteiger partial charge in [-0.15, -0.1) is 0 Å². The smallest absolute Gasteiger partial charge is 0.349 e. The number of aliphatic carboxylic acids is 1.